The van der Waals surface area contributed by atoms with Crippen molar-refractivity contribution in [3.63, 3.8) is 0 Å². The van der Waals surface area contributed by atoms with Crippen molar-refractivity contribution in [1.29, 1.82) is 0 Å². The summed E-state index contributed by atoms with van der Waals surface area (Å²) in [4.78, 5) is 12.2. The van der Waals surface area contributed by atoms with Crippen molar-refractivity contribution in [2.24, 2.45) is 0 Å². The first-order valence-corrected chi connectivity index (χ1v) is 12.0. The van der Waals surface area contributed by atoms with Gasteiger partial charge in [-0.15, -0.1) is 0 Å². The second-order valence-corrected chi connectivity index (χ2v) is 16.9. The van der Waals surface area contributed by atoms with Crippen molar-refractivity contribution >= 4 is 34.1 Å². The SMILES string of the molecule is C[CH2][Ge]([CH2]C)([CH2]C)[c]1ccc(C(C)=O)s1. The first-order chi connectivity index (χ1) is 7.09. The van der Waals surface area contributed by atoms with Crippen LogP contribution in [-0.4, -0.2) is 19.0 Å². The Kier molecular flexibility index (Phi) is 4.59. The molecule has 1 nitrogen and oxygen atoms in total. The van der Waals surface area contributed by atoms with Gasteiger partial charge in [0.2, 0.25) is 0 Å². The molecule has 0 atom stereocenters. The molecule has 1 aromatic heterocycles. The third-order valence-electron chi connectivity index (χ3n) is 3.51. The number of thiophene rings is 1. The van der Waals surface area contributed by atoms with Crippen LogP contribution in [0.15, 0.2) is 12.1 Å². The number of Topliss-reactive ketones (excluding diaryl/α,β-unsaturated/α-hetero) is 1. The molecule has 84 valence electrons. The molecule has 3 heteroatoms. The topological polar surface area (TPSA) is 17.1 Å². The van der Waals surface area contributed by atoms with Crippen molar-refractivity contribution in [3.05, 3.63) is 17.0 Å². The van der Waals surface area contributed by atoms with Gasteiger partial charge in [-0.3, -0.25) is 0 Å². The first-order valence-electron chi connectivity index (χ1n) is 5.71. The van der Waals surface area contributed by atoms with Crippen LogP contribution in [0.5, 0.6) is 0 Å². The molecule has 1 rings (SSSR count). The molecule has 0 aliphatic heterocycles. The molecule has 15 heavy (non-hydrogen) atoms. The van der Waals surface area contributed by atoms with Crippen LogP contribution in [0.1, 0.15) is 37.4 Å². The zero-order chi connectivity index (χ0) is 11.5. The van der Waals surface area contributed by atoms with Crippen LogP contribution in [0.25, 0.3) is 0 Å². The van der Waals surface area contributed by atoms with E-state index in [2.05, 4.69) is 26.8 Å². The van der Waals surface area contributed by atoms with Gasteiger partial charge in [0, 0.05) is 0 Å². The maximum atomic E-state index is 11.3. The van der Waals surface area contributed by atoms with Crippen LogP contribution < -0.4 is 3.71 Å². The second-order valence-electron chi connectivity index (χ2n) is 4.06. The molecule has 0 amide bonds. The van der Waals surface area contributed by atoms with Crippen LogP contribution >= 0.6 is 11.3 Å². The van der Waals surface area contributed by atoms with E-state index in [1.807, 2.05) is 6.07 Å². The summed E-state index contributed by atoms with van der Waals surface area (Å²) in [5, 5.41) is 4.01. The number of hydrogen-bond donors (Lipinski definition) is 0. The number of rotatable bonds is 5. The Morgan fingerprint density at radius 3 is 2.07 bits per heavy atom. The van der Waals surface area contributed by atoms with Crippen LogP contribution in [0.4, 0.5) is 0 Å². The zero-order valence-electron chi connectivity index (χ0n) is 10.1. The third kappa shape index (κ3) is 2.53. The van der Waals surface area contributed by atoms with Gasteiger partial charge in [-0.1, -0.05) is 0 Å². The Labute approximate surface area is 99.3 Å². The second kappa shape index (κ2) is 5.30. The summed E-state index contributed by atoms with van der Waals surface area (Å²) in [5.41, 5.74) is 0. The molecule has 0 radical (unpaired) electrons. The monoisotopic (exact) mass is 286 g/mol. The third-order valence-corrected chi connectivity index (χ3v) is 18.5. The summed E-state index contributed by atoms with van der Waals surface area (Å²) in [5.74, 6) is 0.214. The summed E-state index contributed by atoms with van der Waals surface area (Å²) in [7, 11) is 0. The summed E-state index contributed by atoms with van der Waals surface area (Å²) in [6.07, 6.45) is 0. The van der Waals surface area contributed by atoms with Gasteiger partial charge in [-0.25, -0.2) is 0 Å². The summed E-state index contributed by atoms with van der Waals surface area (Å²) in [6.45, 7) is 8.62. The summed E-state index contributed by atoms with van der Waals surface area (Å²) < 4.78 is 1.56. The zero-order valence-corrected chi connectivity index (χ0v) is 13.0. The Balaban J connectivity index is 3.07. The van der Waals surface area contributed by atoms with E-state index in [1.165, 1.54) is 15.8 Å². The number of hydrogen-bond acceptors (Lipinski definition) is 2. The average Bonchev–Trinajstić information content (AvgIpc) is 2.71. The predicted octanol–water partition coefficient (Wildman–Crippen LogP) is 3.67. The van der Waals surface area contributed by atoms with Crippen LogP contribution in [0.2, 0.25) is 15.8 Å². The molecule has 0 aromatic carbocycles. The van der Waals surface area contributed by atoms with E-state index in [0.29, 0.717) is 0 Å². The standard InChI is InChI=1S/C12H20GeOS/c1-5-13(6-2,7-3)12-9-8-11(15-12)10(4)14/h8-9H,5-7H2,1-4H3. The minimum atomic E-state index is -1.79. The number of ketones is 1. The molecular formula is C12H20GeOS. The number of carbonyl (C=O) groups excluding carboxylic acids is 1. The predicted molar refractivity (Wildman–Crippen MR) is 71.2 cm³/mol. The molecule has 0 spiro atoms. The van der Waals surface area contributed by atoms with E-state index in [1.54, 1.807) is 22.0 Å². The fourth-order valence-corrected chi connectivity index (χ4v) is 13.5. The maximum absolute atomic E-state index is 11.3. The van der Waals surface area contributed by atoms with E-state index >= 15 is 0 Å². The first kappa shape index (κ1) is 13.0. The van der Waals surface area contributed by atoms with Gasteiger partial charge >= 0.3 is 99.4 Å². The molecule has 0 bridgehead atoms. The van der Waals surface area contributed by atoms with E-state index in [4.69, 9.17) is 0 Å². The number of carbonyl (C=O) groups is 1. The van der Waals surface area contributed by atoms with Crippen LogP contribution in [0.3, 0.4) is 0 Å². The normalized spacial score (nSPS) is 11.7. The van der Waals surface area contributed by atoms with Gasteiger partial charge in [-0.2, -0.15) is 0 Å². The van der Waals surface area contributed by atoms with Crippen LogP contribution in [0, 0.1) is 0 Å². The summed E-state index contributed by atoms with van der Waals surface area (Å²) in [6, 6.07) is 4.24. The van der Waals surface area contributed by atoms with E-state index in [0.717, 1.165) is 4.88 Å². The van der Waals surface area contributed by atoms with E-state index < -0.39 is 13.3 Å². The van der Waals surface area contributed by atoms with Crippen molar-refractivity contribution < 1.29 is 4.79 Å². The van der Waals surface area contributed by atoms with Gasteiger partial charge in [-0.05, 0) is 0 Å². The minimum absolute atomic E-state index is 0.214. The molecule has 0 aliphatic rings. The molecule has 0 aliphatic carbocycles. The van der Waals surface area contributed by atoms with E-state index in [9.17, 15) is 4.79 Å². The molecule has 0 saturated carbocycles. The van der Waals surface area contributed by atoms with Crippen molar-refractivity contribution in [1.82, 2.24) is 0 Å². The van der Waals surface area contributed by atoms with Crippen LogP contribution in [-0.2, 0) is 0 Å². The Hall–Kier alpha value is -0.0871. The molecule has 0 unspecified atom stereocenters. The van der Waals surface area contributed by atoms with Gasteiger partial charge in [0.15, 0.2) is 0 Å². The Bertz CT molecular complexity index is 331. The van der Waals surface area contributed by atoms with Gasteiger partial charge in [0.05, 0.1) is 0 Å². The molecule has 0 N–H and O–H groups in total. The fraction of sp³-hybridized carbons (Fsp3) is 0.583. The molecule has 0 fully saturated rings. The molecule has 0 saturated heterocycles. The molecule has 1 heterocycles. The van der Waals surface area contributed by atoms with Gasteiger partial charge < -0.3 is 0 Å². The van der Waals surface area contributed by atoms with Crippen molar-refractivity contribution in [2.45, 2.75) is 43.5 Å². The molecular weight excluding hydrogens is 265 g/mol. The average molecular weight is 285 g/mol. The van der Waals surface area contributed by atoms with Gasteiger partial charge in [0.25, 0.3) is 0 Å². The Morgan fingerprint density at radius 1 is 1.20 bits per heavy atom. The Morgan fingerprint density at radius 2 is 1.73 bits per heavy atom. The van der Waals surface area contributed by atoms with Crippen molar-refractivity contribution in [2.75, 3.05) is 0 Å². The van der Waals surface area contributed by atoms with Crippen molar-refractivity contribution in [3.8, 4) is 0 Å². The quantitative estimate of drug-likeness (QED) is 0.596. The van der Waals surface area contributed by atoms with Gasteiger partial charge in [0.1, 0.15) is 0 Å². The molecule has 1 aromatic rings. The summed E-state index contributed by atoms with van der Waals surface area (Å²) >= 11 is -0.0366. The fourth-order valence-electron chi connectivity index (χ4n) is 2.08. The van der Waals surface area contributed by atoms with E-state index in [-0.39, 0.29) is 5.78 Å².